The van der Waals surface area contributed by atoms with Crippen molar-refractivity contribution < 1.29 is 13.2 Å². The van der Waals surface area contributed by atoms with Crippen LogP contribution in [0.2, 0.25) is 5.02 Å². The maximum atomic E-state index is 12.7. The molecule has 0 spiro atoms. The topological polar surface area (TPSA) is 79.5 Å². The summed E-state index contributed by atoms with van der Waals surface area (Å²) in [5.41, 5.74) is 2.65. The Kier molecular flexibility index (Phi) is 6.83. The molecule has 2 aromatic carbocycles. The maximum Gasteiger partial charge on any atom is 0.240 e. The van der Waals surface area contributed by atoms with Crippen LogP contribution in [0.5, 0.6) is 0 Å². The smallest absolute Gasteiger partial charge is 0.240 e. The highest BCUT2D eigenvalue weighted by Crippen LogP contribution is 2.34. The average molecular weight is 450 g/mol. The van der Waals surface area contributed by atoms with Crippen LogP contribution in [0, 0.1) is 5.92 Å². The molecule has 1 atom stereocenters. The third kappa shape index (κ3) is 5.66. The van der Waals surface area contributed by atoms with Crippen molar-refractivity contribution in [3.63, 3.8) is 0 Å². The van der Waals surface area contributed by atoms with Crippen LogP contribution in [0.25, 0.3) is 0 Å². The lowest BCUT2D eigenvalue weighted by Gasteiger charge is -2.26. The Morgan fingerprint density at radius 3 is 2.63 bits per heavy atom. The Morgan fingerprint density at radius 2 is 1.90 bits per heavy atom. The van der Waals surface area contributed by atoms with Crippen LogP contribution in [-0.4, -0.2) is 28.2 Å². The van der Waals surface area contributed by atoms with Crippen molar-refractivity contribution in [2.45, 2.75) is 43.1 Å². The normalized spacial score (nSPS) is 19.4. The van der Waals surface area contributed by atoms with E-state index in [4.69, 9.17) is 16.3 Å². The number of hydrogen-bond acceptors (Lipinski definition) is 5. The van der Waals surface area contributed by atoms with E-state index in [2.05, 4.69) is 15.4 Å². The monoisotopic (exact) mass is 449 g/mol. The summed E-state index contributed by atoms with van der Waals surface area (Å²) in [5, 5.41) is 7.27. The van der Waals surface area contributed by atoms with Crippen molar-refractivity contribution >= 4 is 33.0 Å². The van der Waals surface area contributed by atoms with Gasteiger partial charge in [-0.1, -0.05) is 23.7 Å². The third-order valence-electron chi connectivity index (χ3n) is 5.52. The number of halogens is 1. The number of benzene rings is 2. The van der Waals surface area contributed by atoms with Gasteiger partial charge in [-0.3, -0.25) is 0 Å². The number of rotatable bonds is 9. The maximum absolute atomic E-state index is 12.7. The van der Waals surface area contributed by atoms with Crippen molar-refractivity contribution in [2.75, 3.05) is 30.5 Å². The molecule has 30 heavy (non-hydrogen) atoms. The third-order valence-corrected chi connectivity index (χ3v) is 7.17. The highest BCUT2D eigenvalue weighted by Gasteiger charge is 2.26. The van der Waals surface area contributed by atoms with Gasteiger partial charge in [0.2, 0.25) is 10.0 Å². The lowest BCUT2D eigenvalue weighted by molar-refractivity contribution is 0.0153. The van der Waals surface area contributed by atoms with Gasteiger partial charge in [-0.05, 0) is 68.4 Å². The first-order chi connectivity index (χ1) is 14.5. The molecular weight excluding hydrogens is 422 g/mol. The minimum Gasteiger partial charge on any atom is -0.373 e. The van der Waals surface area contributed by atoms with E-state index in [9.17, 15) is 8.42 Å². The fourth-order valence-corrected chi connectivity index (χ4v) is 4.93. The molecule has 1 heterocycles. The molecule has 2 aliphatic rings. The van der Waals surface area contributed by atoms with Gasteiger partial charge in [0, 0.05) is 35.1 Å². The predicted molar refractivity (Wildman–Crippen MR) is 120 cm³/mol. The van der Waals surface area contributed by atoms with Crippen molar-refractivity contribution in [1.29, 1.82) is 0 Å². The molecule has 2 aromatic rings. The number of hydrogen-bond donors (Lipinski definition) is 3. The Hall–Kier alpha value is -1.80. The van der Waals surface area contributed by atoms with Crippen molar-refractivity contribution in [3.8, 4) is 0 Å². The highest BCUT2D eigenvalue weighted by molar-refractivity contribution is 7.89. The van der Waals surface area contributed by atoms with Gasteiger partial charge < -0.3 is 15.4 Å². The van der Waals surface area contributed by atoms with Crippen LogP contribution in [0.15, 0.2) is 47.4 Å². The van der Waals surface area contributed by atoms with Gasteiger partial charge in [0.25, 0.3) is 0 Å². The molecule has 0 radical (unpaired) electrons. The minimum absolute atomic E-state index is 0.0244. The largest absolute Gasteiger partial charge is 0.373 e. The van der Waals surface area contributed by atoms with E-state index in [-0.39, 0.29) is 11.0 Å². The van der Waals surface area contributed by atoms with Gasteiger partial charge in [0.05, 0.1) is 17.7 Å². The van der Waals surface area contributed by atoms with Gasteiger partial charge >= 0.3 is 0 Å². The molecule has 0 bridgehead atoms. The van der Waals surface area contributed by atoms with Crippen molar-refractivity contribution in [2.24, 2.45) is 5.92 Å². The number of nitrogens with one attached hydrogen (secondary N) is 3. The van der Waals surface area contributed by atoms with Gasteiger partial charge in [0.15, 0.2) is 0 Å². The van der Waals surface area contributed by atoms with Gasteiger partial charge in [-0.25, -0.2) is 13.1 Å². The quantitative estimate of drug-likeness (QED) is 0.481. The molecule has 3 N–H and O–H groups in total. The van der Waals surface area contributed by atoms with Gasteiger partial charge in [-0.2, -0.15) is 0 Å². The Bertz CT molecular complexity index is 973. The fraction of sp³-hybridized carbons (Fsp3) is 0.455. The summed E-state index contributed by atoms with van der Waals surface area (Å²) in [6, 6.07) is 12.7. The van der Waals surface area contributed by atoms with Crippen LogP contribution in [-0.2, 0) is 14.8 Å². The van der Waals surface area contributed by atoms with E-state index in [0.717, 1.165) is 55.6 Å². The van der Waals surface area contributed by atoms with E-state index in [1.165, 1.54) is 0 Å². The molecule has 8 heteroatoms. The molecule has 6 nitrogen and oxygen atoms in total. The molecule has 1 aliphatic heterocycles. The first-order valence-electron chi connectivity index (χ1n) is 10.5. The molecule has 0 aromatic heterocycles. The number of sulfonamides is 1. The molecule has 1 aliphatic carbocycles. The zero-order chi connectivity index (χ0) is 21.0. The summed E-state index contributed by atoms with van der Waals surface area (Å²) < 4.78 is 34.2. The molecule has 2 fully saturated rings. The second-order valence-corrected chi connectivity index (χ2v) is 10.1. The van der Waals surface area contributed by atoms with E-state index in [0.29, 0.717) is 24.2 Å². The summed E-state index contributed by atoms with van der Waals surface area (Å²) in [6.07, 6.45) is 5.28. The molecule has 1 saturated heterocycles. The highest BCUT2D eigenvalue weighted by atomic mass is 35.5. The average Bonchev–Trinajstić information content (AvgIpc) is 3.58. The summed E-state index contributed by atoms with van der Waals surface area (Å²) in [4.78, 5) is 0.271. The SMILES string of the molecule is O=S(=O)(NCC1CC1)c1ccc(C2CCCCO2)c(NCNc2cccc(Cl)c2)c1. The second-order valence-electron chi connectivity index (χ2n) is 7.94. The Morgan fingerprint density at radius 1 is 1.03 bits per heavy atom. The van der Waals surface area contributed by atoms with Crippen LogP contribution < -0.4 is 15.4 Å². The summed E-state index contributed by atoms with van der Waals surface area (Å²) in [6.45, 7) is 1.67. The molecule has 1 unspecified atom stereocenters. The Labute approximate surface area is 183 Å². The lowest BCUT2D eigenvalue weighted by atomic mass is 10.00. The Balaban J connectivity index is 1.52. The molecule has 4 rings (SSSR count). The van der Waals surface area contributed by atoms with Crippen LogP contribution >= 0.6 is 11.6 Å². The standard InChI is InChI=1S/C22H28ClN3O3S/c23-17-4-3-5-18(12-17)24-15-25-21-13-19(30(27,28)26-14-16-7-8-16)9-10-20(21)22-6-1-2-11-29-22/h3-5,9-10,12-13,16,22,24-26H,1-2,6-8,11,14-15H2. The molecular formula is C22H28ClN3O3S. The van der Waals surface area contributed by atoms with Gasteiger partial charge in [-0.15, -0.1) is 0 Å². The fourth-order valence-electron chi connectivity index (χ4n) is 3.60. The number of anilines is 2. The second kappa shape index (κ2) is 9.56. The molecule has 0 amide bonds. The van der Waals surface area contributed by atoms with Gasteiger partial charge in [0.1, 0.15) is 0 Å². The van der Waals surface area contributed by atoms with E-state index >= 15 is 0 Å². The van der Waals surface area contributed by atoms with E-state index in [1.807, 2.05) is 30.3 Å². The van der Waals surface area contributed by atoms with E-state index < -0.39 is 10.0 Å². The zero-order valence-corrected chi connectivity index (χ0v) is 18.4. The summed E-state index contributed by atoms with van der Waals surface area (Å²) in [7, 11) is -3.54. The first-order valence-corrected chi connectivity index (χ1v) is 12.4. The van der Waals surface area contributed by atoms with Crippen molar-refractivity contribution in [3.05, 3.63) is 53.1 Å². The lowest BCUT2D eigenvalue weighted by Crippen LogP contribution is -2.26. The minimum atomic E-state index is -3.54. The van der Waals surface area contributed by atoms with Crippen molar-refractivity contribution in [1.82, 2.24) is 4.72 Å². The summed E-state index contributed by atoms with van der Waals surface area (Å²) in [5.74, 6) is 0.481. The van der Waals surface area contributed by atoms with Crippen LogP contribution in [0.3, 0.4) is 0 Å². The number of ether oxygens (including phenoxy) is 1. The zero-order valence-electron chi connectivity index (χ0n) is 16.9. The first kappa shape index (κ1) is 21.4. The van der Waals surface area contributed by atoms with E-state index in [1.54, 1.807) is 12.1 Å². The predicted octanol–water partition coefficient (Wildman–Crippen LogP) is 4.75. The van der Waals surface area contributed by atoms with Crippen LogP contribution in [0.4, 0.5) is 11.4 Å². The summed E-state index contributed by atoms with van der Waals surface area (Å²) >= 11 is 6.04. The molecule has 162 valence electrons. The van der Waals surface area contributed by atoms with Crippen LogP contribution in [0.1, 0.15) is 43.8 Å². The molecule has 1 saturated carbocycles.